The van der Waals surface area contributed by atoms with Crippen molar-refractivity contribution in [3.63, 3.8) is 0 Å². The van der Waals surface area contributed by atoms with Crippen molar-refractivity contribution < 1.29 is 4.79 Å². The van der Waals surface area contributed by atoms with Crippen LogP contribution in [-0.4, -0.2) is 5.91 Å². The van der Waals surface area contributed by atoms with Gasteiger partial charge in [-0.3, -0.25) is 4.79 Å². The third kappa shape index (κ3) is 3.17. The van der Waals surface area contributed by atoms with Gasteiger partial charge in [0, 0.05) is 22.1 Å². The molecule has 2 nitrogen and oxygen atoms in total. The average Bonchev–Trinajstić information content (AvgIpc) is 2.98. The third-order valence-corrected chi connectivity index (χ3v) is 7.07. The van der Waals surface area contributed by atoms with Crippen molar-refractivity contribution in [1.29, 1.82) is 0 Å². The fourth-order valence-corrected chi connectivity index (χ4v) is 5.90. The molecule has 0 atom stereocenters. The maximum absolute atomic E-state index is 12.5. The van der Waals surface area contributed by atoms with Crippen LogP contribution >= 0.6 is 23.1 Å². The van der Waals surface area contributed by atoms with Gasteiger partial charge in [0.25, 0.3) is 5.91 Å². The standard InChI is InChI=1S/C20H21NOS2/c1-13-6-8-14(9-7-13)11-21-20(22)19-10-18-16(12-23-19)15-4-2-3-5-17(15)24-18/h6-10H,2-5,11-12H2,1H3,(H,21,22). The van der Waals surface area contributed by atoms with Gasteiger partial charge in [-0.1, -0.05) is 29.8 Å². The van der Waals surface area contributed by atoms with Crippen molar-refractivity contribution in [3.8, 4) is 0 Å². The van der Waals surface area contributed by atoms with Crippen LogP contribution in [0.2, 0.25) is 0 Å². The molecule has 124 valence electrons. The largest absolute Gasteiger partial charge is 0.348 e. The van der Waals surface area contributed by atoms with Crippen molar-refractivity contribution in [2.45, 2.75) is 44.9 Å². The zero-order chi connectivity index (χ0) is 16.5. The van der Waals surface area contributed by atoms with E-state index >= 15 is 0 Å². The third-order valence-electron chi connectivity index (χ3n) is 4.74. The number of aryl methyl sites for hydroxylation is 2. The maximum atomic E-state index is 12.5. The molecule has 1 aromatic heterocycles. The molecule has 0 fully saturated rings. The number of hydrogen-bond acceptors (Lipinski definition) is 3. The van der Waals surface area contributed by atoms with E-state index in [0.29, 0.717) is 6.54 Å². The average molecular weight is 356 g/mol. The van der Waals surface area contributed by atoms with Gasteiger partial charge in [-0.25, -0.2) is 0 Å². The minimum atomic E-state index is 0.0533. The lowest BCUT2D eigenvalue weighted by Crippen LogP contribution is -2.24. The van der Waals surface area contributed by atoms with E-state index in [4.69, 9.17) is 0 Å². The van der Waals surface area contributed by atoms with Gasteiger partial charge in [-0.15, -0.1) is 23.1 Å². The molecule has 24 heavy (non-hydrogen) atoms. The van der Waals surface area contributed by atoms with E-state index in [1.165, 1.54) is 41.7 Å². The van der Waals surface area contributed by atoms with Crippen LogP contribution in [0, 0.1) is 6.92 Å². The lowest BCUT2D eigenvalue weighted by molar-refractivity contribution is -0.116. The molecule has 1 aliphatic heterocycles. The molecular formula is C20H21NOS2. The van der Waals surface area contributed by atoms with Crippen molar-refractivity contribution >= 4 is 35.1 Å². The Morgan fingerprint density at radius 3 is 2.75 bits per heavy atom. The van der Waals surface area contributed by atoms with Crippen LogP contribution in [0.1, 0.15) is 44.8 Å². The predicted molar refractivity (Wildman–Crippen MR) is 103 cm³/mol. The highest BCUT2D eigenvalue weighted by Crippen LogP contribution is 2.42. The predicted octanol–water partition coefficient (Wildman–Crippen LogP) is 4.84. The summed E-state index contributed by atoms with van der Waals surface area (Å²) >= 11 is 3.59. The summed E-state index contributed by atoms with van der Waals surface area (Å²) in [5, 5.41) is 3.06. The monoisotopic (exact) mass is 355 g/mol. The Morgan fingerprint density at radius 1 is 1.12 bits per heavy atom. The fourth-order valence-electron chi connectivity index (χ4n) is 3.34. The molecular weight excluding hydrogens is 334 g/mol. The van der Waals surface area contributed by atoms with Crippen LogP contribution in [0.15, 0.2) is 29.2 Å². The van der Waals surface area contributed by atoms with E-state index in [9.17, 15) is 4.79 Å². The summed E-state index contributed by atoms with van der Waals surface area (Å²) in [6, 6.07) is 8.31. The van der Waals surface area contributed by atoms with Gasteiger partial charge in [-0.2, -0.15) is 0 Å². The zero-order valence-corrected chi connectivity index (χ0v) is 15.5. The molecule has 0 bridgehead atoms. The Labute approximate surface area is 151 Å². The number of carbonyl (C=O) groups excluding carboxylic acids is 1. The first-order chi connectivity index (χ1) is 11.7. The Morgan fingerprint density at radius 2 is 1.92 bits per heavy atom. The lowest BCUT2D eigenvalue weighted by atomic mass is 9.95. The smallest absolute Gasteiger partial charge is 0.258 e. The Bertz CT molecular complexity index is 802. The molecule has 1 N–H and O–H groups in total. The van der Waals surface area contributed by atoms with E-state index in [2.05, 4.69) is 42.6 Å². The van der Waals surface area contributed by atoms with Crippen LogP contribution < -0.4 is 5.32 Å². The van der Waals surface area contributed by atoms with Gasteiger partial charge < -0.3 is 5.32 Å². The first kappa shape index (κ1) is 16.0. The van der Waals surface area contributed by atoms with E-state index in [-0.39, 0.29) is 5.91 Å². The first-order valence-corrected chi connectivity index (χ1v) is 10.3. The van der Waals surface area contributed by atoms with Crippen LogP contribution in [0.3, 0.4) is 0 Å². The van der Waals surface area contributed by atoms with Crippen LogP contribution in [0.4, 0.5) is 0 Å². The quantitative estimate of drug-likeness (QED) is 0.853. The second-order valence-electron chi connectivity index (χ2n) is 6.52. The highest BCUT2D eigenvalue weighted by Gasteiger charge is 2.24. The van der Waals surface area contributed by atoms with Gasteiger partial charge in [-0.05, 0) is 55.4 Å². The number of hydrogen-bond donors (Lipinski definition) is 1. The lowest BCUT2D eigenvalue weighted by Gasteiger charge is -2.16. The minimum Gasteiger partial charge on any atom is -0.348 e. The number of thioether (sulfide) groups is 1. The van der Waals surface area contributed by atoms with Crippen molar-refractivity contribution in [2.24, 2.45) is 0 Å². The van der Waals surface area contributed by atoms with E-state index < -0.39 is 0 Å². The number of nitrogens with one attached hydrogen (secondary N) is 1. The molecule has 2 aliphatic rings. The van der Waals surface area contributed by atoms with Gasteiger partial charge in [0.15, 0.2) is 0 Å². The summed E-state index contributed by atoms with van der Waals surface area (Å²) in [6.07, 6.45) is 7.18. The van der Waals surface area contributed by atoms with Gasteiger partial charge in [0.1, 0.15) is 0 Å². The number of carbonyl (C=O) groups is 1. The number of benzene rings is 1. The Balaban J connectivity index is 1.47. The van der Waals surface area contributed by atoms with Gasteiger partial charge >= 0.3 is 0 Å². The summed E-state index contributed by atoms with van der Waals surface area (Å²) < 4.78 is 0. The summed E-state index contributed by atoms with van der Waals surface area (Å²) in [5.41, 5.74) is 5.46. The number of rotatable bonds is 3. The van der Waals surface area contributed by atoms with E-state index in [1.54, 1.807) is 22.2 Å². The summed E-state index contributed by atoms with van der Waals surface area (Å²) in [4.78, 5) is 16.2. The van der Waals surface area contributed by atoms with Crippen molar-refractivity contribution in [2.75, 3.05) is 0 Å². The van der Waals surface area contributed by atoms with Crippen LogP contribution in [0.5, 0.6) is 0 Å². The topological polar surface area (TPSA) is 29.1 Å². The highest BCUT2D eigenvalue weighted by atomic mass is 32.2. The molecule has 2 heterocycles. The maximum Gasteiger partial charge on any atom is 0.258 e. The molecule has 4 rings (SSSR count). The van der Waals surface area contributed by atoms with Crippen molar-refractivity contribution in [3.05, 3.63) is 61.2 Å². The SMILES string of the molecule is Cc1ccc(CNC(=O)C2=Cc3sc4c(c3CS2)CCCC4)cc1. The van der Waals surface area contributed by atoms with E-state index in [0.717, 1.165) is 16.2 Å². The molecule has 1 aromatic carbocycles. The molecule has 0 saturated carbocycles. The minimum absolute atomic E-state index is 0.0533. The van der Waals surface area contributed by atoms with Crippen LogP contribution in [0.25, 0.3) is 6.08 Å². The Kier molecular flexibility index (Phi) is 4.51. The molecule has 0 unspecified atom stereocenters. The van der Waals surface area contributed by atoms with Crippen molar-refractivity contribution in [1.82, 2.24) is 5.32 Å². The molecule has 1 aliphatic carbocycles. The summed E-state index contributed by atoms with van der Waals surface area (Å²) in [7, 11) is 0. The fraction of sp³-hybridized carbons (Fsp3) is 0.350. The van der Waals surface area contributed by atoms with Gasteiger partial charge in [0.05, 0.1) is 4.91 Å². The summed E-state index contributed by atoms with van der Waals surface area (Å²) in [5.74, 6) is 1.00. The van der Waals surface area contributed by atoms with E-state index in [1.807, 2.05) is 11.3 Å². The normalized spacial score (nSPS) is 16.1. The number of thiophene rings is 1. The van der Waals surface area contributed by atoms with Gasteiger partial charge in [0.2, 0.25) is 0 Å². The van der Waals surface area contributed by atoms with Crippen LogP contribution in [-0.2, 0) is 29.9 Å². The molecule has 0 spiro atoms. The molecule has 2 aromatic rings. The Hall–Kier alpha value is -1.52. The second-order valence-corrected chi connectivity index (χ2v) is 8.67. The molecule has 0 saturated heterocycles. The summed E-state index contributed by atoms with van der Waals surface area (Å²) in [6.45, 7) is 2.66. The zero-order valence-electron chi connectivity index (χ0n) is 13.9. The molecule has 1 amide bonds. The number of fused-ring (bicyclic) bond motifs is 3. The highest BCUT2D eigenvalue weighted by molar-refractivity contribution is 8.03. The molecule has 0 radical (unpaired) electrons. The molecule has 4 heteroatoms. The first-order valence-electron chi connectivity index (χ1n) is 8.52. The second kappa shape index (κ2) is 6.77. The number of amides is 1.